The molecule has 1 atom stereocenters. The first-order valence-electron chi connectivity index (χ1n) is 5.97. The first kappa shape index (κ1) is 11.4. The first-order valence-corrected chi connectivity index (χ1v) is 6.34. The van der Waals surface area contributed by atoms with Gasteiger partial charge in [0, 0.05) is 18.7 Å². The SMILES string of the molecule is Nc1cc(Cl)cnc1NCC1Cc2ccccc21. The zero-order chi connectivity index (χ0) is 12.5. The molecule has 0 amide bonds. The molecular formula is C14H14ClN3. The molecular weight excluding hydrogens is 246 g/mol. The number of nitrogens with zero attached hydrogens (tertiary/aromatic N) is 1. The molecule has 3 nitrogen and oxygen atoms in total. The molecule has 0 saturated carbocycles. The number of rotatable bonds is 3. The van der Waals surface area contributed by atoms with E-state index in [4.69, 9.17) is 17.3 Å². The van der Waals surface area contributed by atoms with Crippen LogP contribution in [0.15, 0.2) is 36.5 Å². The molecule has 0 saturated heterocycles. The predicted molar refractivity (Wildman–Crippen MR) is 75.0 cm³/mol. The van der Waals surface area contributed by atoms with Gasteiger partial charge < -0.3 is 11.1 Å². The van der Waals surface area contributed by atoms with Gasteiger partial charge in [-0.1, -0.05) is 35.9 Å². The molecule has 1 aromatic carbocycles. The summed E-state index contributed by atoms with van der Waals surface area (Å²) in [5.41, 5.74) is 9.32. The number of hydrogen-bond acceptors (Lipinski definition) is 3. The molecule has 92 valence electrons. The quantitative estimate of drug-likeness (QED) is 0.891. The Morgan fingerprint density at radius 3 is 3.00 bits per heavy atom. The Hall–Kier alpha value is -1.74. The van der Waals surface area contributed by atoms with Gasteiger partial charge in [-0.3, -0.25) is 0 Å². The molecule has 4 heteroatoms. The monoisotopic (exact) mass is 259 g/mol. The normalized spacial score (nSPS) is 16.8. The van der Waals surface area contributed by atoms with Crippen LogP contribution in [0.3, 0.4) is 0 Å². The zero-order valence-corrected chi connectivity index (χ0v) is 10.6. The summed E-state index contributed by atoms with van der Waals surface area (Å²) in [5.74, 6) is 1.27. The minimum atomic E-state index is 0.554. The lowest BCUT2D eigenvalue weighted by atomic mass is 9.77. The zero-order valence-electron chi connectivity index (χ0n) is 9.86. The van der Waals surface area contributed by atoms with Crippen LogP contribution in [0.25, 0.3) is 0 Å². The summed E-state index contributed by atoms with van der Waals surface area (Å²) < 4.78 is 0. The first-order chi connectivity index (χ1) is 8.74. The van der Waals surface area contributed by atoms with Crippen LogP contribution >= 0.6 is 11.6 Å². The minimum absolute atomic E-state index is 0.554. The van der Waals surface area contributed by atoms with E-state index in [-0.39, 0.29) is 0 Å². The molecule has 0 fully saturated rings. The van der Waals surface area contributed by atoms with E-state index < -0.39 is 0 Å². The third-order valence-corrected chi connectivity index (χ3v) is 3.57. The molecule has 1 unspecified atom stereocenters. The maximum atomic E-state index is 5.85. The molecule has 3 rings (SSSR count). The van der Waals surface area contributed by atoms with E-state index in [0.29, 0.717) is 22.4 Å². The van der Waals surface area contributed by atoms with Crippen LogP contribution in [0.4, 0.5) is 11.5 Å². The Morgan fingerprint density at radius 1 is 1.39 bits per heavy atom. The molecule has 0 radical (unpaired) electrons. The summed E-state index contributed by atoms with van der Waals surface area (Å²) in [6, 6.07) is 10.2. The molecule has 0 bridgehead atoms. The molecule has 3 N–H and O–H groups in total. The van der Waals surface area contributed by atoms with Gasteiger partial charge in [-0.25, -0.2) is 4.98 Å². The van der Waals surface area contributed by atoms with Crippen molar-refractivity contribution >= 4 is 23.1 Å². The van der Waals surface area contributed by atoms with Crippen molar-refractivity contribution in [2.24, 2.45) is 0 Å². The molecule has 18 heavy (non-hydrogen) atoms. The average Bonchev–Trinajstić information content (AvgIpc) is 2.33. The number of hydrogen-bond donors (Lipinski definition) is 2. The number of aromatic nitrogens is 1. The van der Waals surface area contributed by atoms with Crippen LogP contribution in [0.5, 0.6) is 0 Å². The van der Waals surface area contributed by atoms with Gasteiger partial charge >= 0.3 is 0 Å². The second kappa shape index (κ2) is 4.50. The molecule has 1 aromatic heterocycles. The van der Waals surface area contributed by atoms with Gasteiger partial charge in [0.1, 0.15) is 5.82 Å². The predicted octanol–water partition coefficient (Wildman–Crippen LogP) is 3.07. The van der Waals surface area contributed by atoms with Crippen molar-refractivity contribution in [3.05, 3.63) is 52.7 Å². The largest absolute Gasteiger partial charge is 0.396 e. The standard InChI is InChI=1S/C14H14ClN3/c15-11-6-13(16)14(18-8-11)17-7-10-5-9-3-1-2-4-12(9)10/h1-4,6,8,10H,5,7,16H2,(H,17,18). The summed E-state index contributed by atoms with van der Waals surface area (Å²) in [6.45, 7) is 0.857. The molecule has 1 heterocycles. The molecule has 1 aliphatic carbocycles. The third kappa shape index (κ3) is 2.02. The Bertz CT molecular complexity index is 583. The second-order valence-electron chi connectivity index (χ2n) is 4.57. The fourth-order valence-electron chi connectivity index (χ4n) is 2.37. The highest BCUT2D eigenvalue weighted by molar-refractivity contribution is 6.30. The van der Waals surface area contributed by atoms with Crippen molar-refractivity contribution in [2.75, 3.05) is 17.6 Å². The van der Waals surface area contributed by atoms with E-state index in [9.17, 15) is 0 Å². The lowest BCUT2D eigenvalue weighted by molar-refractivity contribution is 0.635. The van der Waals surface area contributed by atoms with Gasteiger partial charge in [0.2, 0.25) is 0 Å². The Labute approximate surface area is 111 Å². The fraction of sp³-hybridized carbons (Fsp3) is 0.214. The van der Waals surface area contributed by atoms with Crippen LogP contribution in [-0.2, 0) is 6.42 Å². The molecule has 0 spiro atoms. The van der Waals surface area contributed by atoms with Crippen molar-refractivity contribution in [1.29, 1.82) is 0 Å². The van der Waals surface area contributed by atoms with Crippen molar-refractivity contribution in [2.45, 2.75) is 12.3 Å². The maximum Gasteiger partial charge on any atom is 0.149 e. The van der Waals surface area contributed by atoms with Gasteiger partial charge in [0.15, 0.2) is 0 Å². The van der Waals surface area contributed by atoms with Crippen molar-refractivity contribution in [1.82, 2.24) is 4.98 Å². The summed E-state index contributed by atoms with van der Waals surface area (Å²) in [5, 5.41) is 3.85. The minimum Gasteiger partial charge on any atom is -0.396 e. The van der Waals surface area contributed by atoms with Crippen molar-refractivity contribution in [3.8, 4) is 0 Å². The highest BCUT2D eigenvalue weighted by Crippen LogP contribution is 2.35. The fourth-order valence-corrected chi connectivity index (χ4v) is 2.53. The summed E-state index contributed by atoms with van der Waals surface area (Å²) in [6.07, 6.45) is 2.73. The number of nitrogens with one attached hydrogen (secondary N) is 1. The highest BCUT2D eigenvalue weighted by Gasteiger charge is 2.25. The molecule has 1 aliphatic rings. The second-order valence-corrected chi connectivity index (χ2v) is 5.01. The number of pyridine rings is 1. The topological polar surface area (TPSA) is 50.9 Å². The maximum absolute atomic E-state index is 5.85. The smallest absolute Gasteiger partial charge is 0.149 e. The summed E-state index contributed by atoms with van der Waals surface area (Å²) in [4.78, 5) is 4.20. The number of anilines is 2. The van der Waals surface area contributed by atoms with E-state index in [0.717, 1.165) is 13.0 Å². The van der Waals surface area contributed by atoms with Crippen molar-refractivity contribution in [3.63, 3.8) is 0 Å². The van der Waals surface area contributed by atoms with Crippen LogP contribution < -0.4 is 11.1 Å². The summed E-state index contributed by atoms with van der Waals surface area (Å²) >= 11 is 5.81. The average molecular weight is 260 g/mol. The van der Waals surface area contributed by atoms with Crippen LogP contribution in [-0.4, -0.2) is 11.5 Å². The van der Waals surface area contributed by atoms with Crippen molar-refractivity contribution < 1.29 is 0 Å². The molecule has 2 aromatic rings. The number of benzene rings is 1. The Balaban J connectivity index is 1.66. The lowest BCUT2D eigenvalue weighted by Gasteiger charge is -2.30. The van der Waals surface area contributed by atoms with E-state index in [1.54, 1.807) is 12.3 Å². The summed E-state index contributed by atoms with van der Waals surface area (Å²) in [7, 11) is 0. The number of nitrogen functional groups attached to an aromatic ring is 1. The van der Waals surface area contributed by atoms with Gasteiger partial charge in [-0.2, -0.15) is 0 Å². The van der Waals surface area contributed by atoms with Gasteiger partial charge in [-0.05, 0) is 23.6 Å². The van der Waals surface area contributed by atoms with Gasteiger partial charge in [0.25, 0.3) is 0 Å². The van der Waals surface area contributed by atoms with Crippen LogP contribution in [0.2, 0.25) is 5.02 Å². The van der Waals surface area contributed by atoms with E-state index in [2.05, 4.69) is 34.6 Å². The van der Waals surface area contributed by atoms with E-state index >= 15 is 0 Å². The number of fused-ring (bicyclic) bond motifs is 1. The highest BCUT2D eigenvalue weighted by atomic mass is 35.5. The van der Waals surface area contributed by atoms with Crippen LogP contribution in [0, 0.1) is 0 Å². The number of nitrogens with two attached hydrogens (primary N) is 1. The third-order valence-electron chi connectivity index (χ3n) is 3.36. The van der Waals surface area contributed by atoms with Gasteiger partial charge in [-0.15, -0.1) is 0 Å². The lowest BCUT2D eigenvalue weighted by Crippen LogP contribution is -2.24. The van der Waals surface area contributed by atoms with E-state index in [1.165, 1.54) is 11.1 Å². The van der Waals surface area contributed by atoms with Gasteiger partial charge in [0.05, 0.1) is 10.7 Å². The Morgan fingerprint density at radius 2 is 2.22 bits per heavy atom. The van der Waals surface area contributed by atoms with E-state index in [1.807, 2.05) is 0 Å². The Kier molecular flexibility index (Phi) is 2.84. The number of halogens is 1. The molecule has 0 aliphatic heterocycles. The van der Waals surface area contributed by atoms with Crippen LogP contribution in [0.1, 0.15) is 17.0 Å².